The molecule has 1 heterocycles. The predicted octanol–water partition coefficient (Wildman–Crippen LogP) is 2.84. The second-order valence-electron chi connectivity index (χ2n) is 4.71. The third-order valence-corrected chi connectivity index (χ3v) is 2.35. The second-order valence-corrected chi connectivity index (χ2v) is 4.71. The topological polar surface area (TPSA) is 30.7 Å². The molecule has 0 fully saturated rings. The van der Waals surface area contributed by atoms with Gasteiger partial charge in [-0.15, -0.1) is 10.2 Å². The Labute approximate surface area is 93.9 Å². The van der Waals surface area contributed by atoms with Crippen LogP contribution in [0, 0.1) is 5.82 Å². The molecule has 0 saturated heterocycles. The molecule has 2 aromatic rings. The Bertz CT molecular complexity index is 497. The van der Waals surface area contributed by atoms with E-state index < -0.39 is 0 Å². The van der Waals surface area contributed by atoms with Crippen LogP contribution < -0.4 is 0 Å². The maximum absolute atomic E-state index is 13.1. The number of aromatic nitrogens is 3. The Morgan fingerprint density at radius 3 is 2.62 bits per heavy atom. The molecule has 0 saturated carbocycles. The molecule has 0 N–H and O–H groups in total. The van der Waals surface area contributed by atoms with Gasteiger partial charge in [-0.25, -0.2) is 4.39 Å². The summed E-state index contributed by atoms with van der Waals surface area (Å²) in [5, 5.41) is 7.93. The van der Waals surface area contributed by atoms with Crippen molar-refractivity contribution in [2.24, 2.45) is 0 Å². The highest BCUT2D eigenvalue weighted by Gasteiger charge is 2.18. The molecule has 0 aliphatic heterocycles. The summed E-state index contributed by atoms with van der Waals surface area (Å²) < 4.78 is 15.1. The fourth-order valence-corrected chi connectivity index (χ4v) is 1.55. The van der Waals surface area contributed by atoms with Gasteiger partial charge in [-0.3, -0.25) is 0 Å². The average molecular weight is 219 g/mol. The van der Waals surface area contributed by atoms with Gasteiger partial charge in [0.2, 0.25) is 0 Å². The number of hydrogen-bond donors (Lipinski definition) is 0. The van der Waals surface area contributed by atoms with Gasteiger partial charge in [0.25, 0.3) is 0 Å². The molecule has 0 radical (unpaired) electrons. The molecule has 16 heavy (non-hydrogen) atoms. The van der Waals surface area contributed by atoms with Crippen LogP contribution in [0.25, 0.3) is 11.4 Å². The zero-order valence-corrected chi connectivity index (χ0v) is 9.61. The quantitative estimate of drug-likeness (QED) is 0.738. The third-order valence-electron chi connectivity index (χ3n) is 2.35. The minimum absolute atomic E-state index is 0.120. The predicted molar refractivity (Wildman–Crippen MR) is 60.4 cm³/mol. The molecule has 3 nitrogen and oxygen atoms in total. The molecule has 1 aromatic carbocycles. The Kier molecular flexibility index (Phi) is 2.50. The lowest BCUT2D eigenvalue weighted by Crippen LogP contribution is -2.21. The summed E-state index contributed by atoms with van der Waals surface area (Å²) in [6, 6.07) is 6.38. The first-order chi connectivity index (χ1) is 7.48. The van der Waals surface area contributed by atoms with Gasteiger partial charge in [0.1, 0.15) is 12.1 Å². The first-order valence-corrected chi connectivity index (χ1v) is 5.15. The van der Waals surface area contributed by atoms with E-state index in [1.807, 2.05) is 10.6 Å². The smallest absolute Gasteiger partial charge is 0.164 e. The number of halogens is 1. The van der Waals surface area contributed by atoms with Gasteiger partial charge in [0.05, 0.1) is 0 Å². The molecule has 0 aliphatic carbocycles. The Hall–Kier alpha value is -1.71. The van der Waals surface area contributed by atoms with Crippen LogP contribution in [0.3, 0.4) is 0 Å². The van der Waals surface area contributed by atoms with Gasteiger partial charge in [-0.2, -0.15) is 0 Å². The van der Waals surface area contributed by atoms with Crippen molar-refractivity contribution < 1.29 is 4.39 Å². The zero-order chi connectivity index (χ0) is 11.8. The maximum atomic E-state index is 13.1. The second kappa shape index (κ2) is 3.70. The van der Waals surface area contributed by atoms with Crippen molar-refractivity contribution in [3.63, 3.8) is 0 Å². The first-order valence-electron chi connectivity index (χ1n) is 5.15. The fraction of sp³-hybridized carbons (Fsp3) is 0.333. The van der Waals surface area contributed by atoms with Crippen LogP contribution in [0.5, 0.6) is 0 Å². The van der Waals surface area contributed by atoms with E-state index in [0.29, 0.717) is 5.82 Å². The van der Waals surface area contributed by atoms with Gasteiger partial charge < -0.3 is 4.57 Å². The first kappa shape index (κ1) is 10.8. The molecule has 84 valence electrons. The van der Waals surface area contributed by atoms with E-state index in [1.54, 1.807) is 12.4 Å². The maximum Gasteiger partial charge on any atom is 0.164 e. The standard InChI is InChI=1S/C12H14FN3/c1-12(2,3)16-8-14-15-11(16)9-5-4-6-10(13)7-9/h4-8H,1-3H3. The summed E-state index contributed by atoms with van der Waals surface area (Å²) in [5.74, 6) is 0.424. The average Bonchev–Trinajstić information content (AvgIpc) is 2.65. The van der Waals surface area contributed by atoms with Crippen LogP contribution in [-0.2, 0) is 5.54 Å². The van der Waals surface area contributed by atoms with Crippen LogP contribution >= 0.6 is 0 Å². The molecule has 1 aromatic heterocycles. The van der Waals surface area contributed by atoms with Gasteiger partial charge in [-0.1, -0.05) is 12.1 Å². The highest BCUT2D eigenvalue weighted by atomic mass is 19.1. The summed E-state index contributed by atoms with van der Waals surface area (Å²) in [4.78, 5) is 0. The Morgan fingerprint density at radius 2 is 2.00 bits per heavy atom. The molecule has 0 atom stereocenters. The van der Waals surface area contributed by atoms with E-state index in [2.05, 4.69) is 31.0 Å². The van der Waals surface area contributed by atoms with Crippen LogP contribution in [-0.4, -0.2) is 14.8 Å². The molecule has 0 bridgehead atoms. The van der Waals surface area contributed by atoms with Crippen molar-refractivity contribution in [2.45, 2.75) is 26.3 Å². The van der Waals surface area contributed by atoms with E-state index in [9.17, 15) is 4.39 Å². The van der Waals surface area contributed by atoms with Crippen molar-refractivity contribution in [1.29, 1.82) is 0 Å². The SMILES string of the molecule is CC(C)(C)n1cnnc1-c1cccc(F)c1. The van der Waals surface area contributed by atoms with E-state index in [-0.39, 0.29) is 11.4 Å². The largest absolute Gasteiger partial charge is 0.308 e. The van der Waals surface area contributed by atoms with Crippen LogP contribution in [0.1, 0.15) is 20.8 Å². The minimum Gasteiger partial charge on any atom is -0.308 e. The lowest BCUT2D eigenvalue weighted by molar-refractivity contribution is 0.399. The molecule has 0 spiro atoms. The van der Waals surface area contributed by atoms with E-state index >= 15 is 0 Å². The molecular formula is C12H14FN3. The zero-order valence-electron chi connectivity index (χ0n) is 9.61. The Balaban J connectivity index is 2.53. The lowest BCUT2D eigenvalue weighted by Gasteiger charge is -2.22. The lowest BCUT2D eigenvalue weighted by atomic mass is 10.1. The molecule has 4 heteroatoms. The summed E-state index contributed by atoms with van der Waals surface area (Å²) in [6.07, 6.45) is 1.67. The van der Waals surface area contributed by atoms with Gasteiger partial charge in [0, 0.05) is 11.1 Å². The molecule has 2 rings (SSSR count). The van der Waals surface area contributed by atoms with Crippen molar-refractivity contribution in [3.8, 4) is 11.4 Å². The molecule has 0 amide bonds. The van der Waals surface area contributed by atoms with Crippen LogP contribution in [0.2, 0.25) is 0 Å². The summed E-state index contributed by atoms with van der Waals surface area (Å²) >= 11 is 0. The summed E-state index contributed by atoms with van der Waals surface area (Å²) in [5.41, 5.74) is 0.623. The van der Waals surface area contributed by atoms with Gasteiger partial charge in [-0.05, 0) is 32.9 Å². The summed E-state index contributed by atoms with van der Waals surface area (Å²) in [6.45, 7) is 6.16. The van der Waals surface area contributed by atoms with E-state index in [4.69, 9.17) is 0 Å². The van der Waals surface area contributed by atoms with Crippen molar-refractivity contribution in [1.82, 2.24) is 14.8 Å². The normalized spacial score (nSPS) is 11.8. The molecule has 0 unspecified atom stereocenters. The fourth-order valence-electron chi connectivity index (χ4n) is 1.55. The number of rotatable bonds is 1. The van der Waals surface area contributed by atoms with E-state index in [0.717, 1.165) is 5.56 Å². The monoisotopic (exact) mass is 219 g/mol. The van der Waals surface area contributed by atoms with Crippen molar-refractivity contribution >= 4 is 0 Å². The van der Waals surface area contributed by atoms with Crippen molar-refractivity contribution in [3.05, 3.63) is 36.4 Å². The summed E-state index contributed by atoms with van der Waals surface area (Å²) in [7, 11) is 0. The number of nitrogens with zero attached hydrogens (tertiary/aromatic N) is 3. The highest BCUT2D eigenvalue weighted by molar-refractivity contribution is 5.55. The number of benzene rings is 1. The highest BCUT2D eigenvalue weighted by Crippen LogP contribution is 2.23. The van der Waals surface area contributed by atoms with Crippen molar-refractivity contribution in [2.75, 3.05) is 0 Å². The third kappa shape index (κ3) is 1.96. The minimum atomic E-state index is -0.263. The van der Waals surface area contributed by atoms with Gasteiger partial charge >= 0.3 is 0 Å². The van der Waals surface area contributed by atoms with E-state index in [1.165, 1.54) is 12.1 Å². The molecule has 0 aliphatic rings. The van der Waals surface area contributed by atoms with Crippen LogP contribution in [0.15, 0.2) is 30.6 Å². The van der Waals surface area contributed by atoms with Gasteiger partial charge in [0.15, 0.2) is 5.82 Å². The Morgan fingerprint density at radius 1 is 1.25 bits per heavy atom. The number of hydrogen-bond acceptors (Lipinski definition) is 2. The molecular weight excluding hydrogens is 205 g/mol. The van der Waals surface area contributed by atoms with Crippen LogP contribution in [0.4, 0.5) is 4.39 Å².